The molecular weight excluding hydrogens is 398 g/mol. The van der Waals surface area contributed by atoms with Crippen LogP contribution in [0.2, 0.25) is 0 Å². The van der Waals surface area contributed by atoms with E-state index in [1.165, 1.54) is 42.1 Å². The van der Waals surface area contributed by atoms with Crippen LogP contribution in [0.25, 0.3) is 0 Å². The highest BCUT2D eigenvalue weighted by atomic mass is 32.2. The number of piperidine rings is 2. The molecule has 2 saturated heterocycles. The van der Waals surface area contributed by atoms with Crippen LogP contribution in [-0.2, 0) is 21.2 Å². The average molecular weight is 436 g/mol. The van der Waals surface area contributed by atoms with Gasteiger partial charge in [0.05, 0.1) is 6.26 Å². The number of rotatable bonds is 7. The van der Waals surface area contributed by atoms with E-state index in [0.717, 1.165) is 30.5 Å². The fourth-order valence-electron chi connectivity index (χ4n) is 4.80. The zero-order valence-corrected chi connectivity index (χ0v) is 19.5. The number of nitrogens with one attached hydrogen (secondary N) is 1. The van der Waals surface area contributed by atoms with Crippen LogP contribution in [0.3, 0.4) is 0 Å². The third-order valence-electron chi connectivity index (χ3n) is 6.93. The molecule has 7 heteroatoms. The Morgan fingerprint density at radius 1 is 1.10 bits per heavy atom. The van der Waals surface area contributed by atoms with Gasteiger partial charge in [0, 0.05) is 31.2 Å². The largest absolute Gasteiger partial charge is 0.326 e. The Morgan fingerprint density at radius 3 is 2.33 bits per heavy atom. The van der Waals surface area contributed by atoms with Crippen molar-refractivity contribution >= 4 is 21.6 Å². The third-order valence-corrected chi connectivity index (χ3v) is 8.24. The Bertz CT molecular complexity index is 801. The molecule has 0 spiro atoms. The first-order valence-corrected chi connectivity index (χ1v) is 13.2. The van der Waals surface area contributed by atoms with Crippen LogP contribution in [0.1, 0.15) is 45.1 Å². The molecular formula is C23H37N3O3S. The van der Waals surface area contributed by atoms with E-state index in [2.05, 4.69) is 36.2 Å². The maximum Gasteiger partial charge on any atom is 0.227 e. The van der Waals surface area contributed by atoms with E-state index in [0.29, 0.717) is 25.9 Å². The number of anilines is 1. The molecule has 0 radical (unpaired) electrons. The second kappa shape index (κ2) is 10.2. The normalized spacial score (nSPS) is 24.6. The Labute approximate surface area is 182 Å². The number of nitrogens with zero attached hydrogens (tertiary/aromatic N) is 2. The van der Waals surface area contributed by atoms with Crippen molar-refractivity contribution in [3.05, 3.63) is 29.8 Å². The average Bonchev–Trinajstić information content (AvgIpc) is 2.73. The Balaban J connectivity index is 1.44. The number of carbonyl (C=O) groups excluding carboxylic acids is 1. The van der Waals surface area contributed by atoms with Crippen molar-refractivity contribution in [3.63, 3.8) is 0 Å². The highest BCUT2D eigenvalue weighted by molar-refractivity contribution is 7.88. The highest BCUT2D eigenvalue weighted by Crippen LogP contribution is 2.28. The minimum absolute atomic E-state index is 0.00703. The summed E-state index contributed by atoms with van der Waals surface area (Å²) in [7, 11) is -3.16. The van der Waals surface area contributed by atoms with Crippen LogP contribution < -0.4 is 5.32 Å². The van der Waals surface area contributed by atoms with Gasteiger partial charge >= 0.3 is 0 Å². The predicted molar refractivity (Wildman–Crippen MR) is 122 cm³/mol. The van der Waals surface area contributed by atoms with Crippen molar-refractivity contribution in [3.8, 4) is 0 Å². The summed E-state index contributed by atoms with van der Waals surface area (Å²) in [5.41, 5.74) is 2.14. The second-order valence-corrected chi connectivity index (χ2v) is 11.1. The van der Waals surface area contributed by atoms with Crippen molar-refractivity contribution in [2.45, 2.75) is 46.0 Å². The third kappa shape index (κ3) is 6.28. The monoisotopic (exact) mass is 435 g/mol. The van der Waals surface area contributed by atoms with Crippen LogP contribution in [0, 0.1) is 17.8 Å². The lowest BCUT2D eigenvalue weighted by Crippen LogP contribution is -2.40. The van der Waals surface area contributed by atoms with Crippen LogP contribution >= 0.6 is 0 Å². The van der Waals surface area contributed by atoms with E-state index in [4.69, 9.17) is 0 Å². The van der Waals surface area contributed by atoms with E-state index in [-0.39, 0.29) is 11.8 Å². The number of hydrogen-bond donors (Lipinski definition) is 1. The first kappa shape index (κ1) is 23.2. The lowest BCUT2D eigenvalue weighted by molar-refractivity contribution is -0.120. The number of hydrogen-bond acceptors (Lipinski definition) is 4. The molecule has 0 saturated carbocycles. The minimum Gasteiger partial charge on any atom is -0.326 e. The molecule has 168 valence electrons. The van der Waals surface area contributed by atoms with Gasteiger partial charge in [0.15, 0.2) is 0 Å². The van der Waals surface area contributed by atoms with Crippen LogP contribution in [-0.4, -0.2) is 62.5 Å². The molecule has 2 heterocycles. The van der Waals surface area contributed by atoms with E-state index >= 15 is 0 Å². The van der Waals surface area contributed by atoms with Gasteiger partial charge in [0.2, 0.25) is 15.9 Å². The minimum atomic E-state index is -3.16. The molecule has 2 fully saturated rings. The lowest BCUT2D eigenvalue weighted by Gasteiger charge is -2.36. The molecule has 0 bridgehead atoms. The van der Waals surface area contributed by atoms with Gasteiger partial charge in [-0.1, -0.05) is 26.0 Å². The summed E-state index contributed by atoms with van der Waals surface area (Å²) in [5.74, 6) is 1.42. The summed E-state index contributed by atoms with van der Waals surface area (Å²) in [6.45, 7) is 9.06. The molecule has 6 nitrogen and oxygen atoms in total. The maximum atomic E-state index is 12.5. The van der Waals surface area contributed by atoms with Gasteiger partial charge in [-0.3, -0.25) is 4.79 Å². The van der Waals surface area contributed by atoms with Crippen molar-refractivity contribution in [2.75, 3.05) is 44.3 Å². The van der Waals surface area contributed by atoms with Crippen molar-refractivity contribution in [1.29, 1.82) is 0 Å². The zero-order chi connectivity index (χ0) is 21.7. The number of aryl methyl sites for hydroxylation is 1. The Kier molecular flexibility index (Phi) is 7.93. The molecule has 2 aliphatic heterocycles. The summed E-state index contributed by atoms with van der Waals surface area (Å²) in [6, 6.07) is 8.21. The molecule has 1 amide bonds. The van der Waals surface area contributed by atoms with Gasteiger partial charge < -0.3 is 10.2 Å². The summed E-state index contributed by atoms with van der Waals surface area (Å²) in [5, 5.41) is 3.00. The van der Waals surface area contributed by atoms with Crippen molar-refractivity contribution in [1.82, 2.24) is 9.21 Å². The van der Waals surface area contributed by atoms with E-state index < -0.39 is 10.0 Å². The molecule has 1 N–H and O–H groups in total. The quantitative estimate of drug-likeness (QED) is 0.714. The predicted octanol–water partition coefficient (Wildman–Crippen LogP) is 3.21. The van der Waals surface area contributed by atoms with Gasteiger partial charge in [-0.05, 0) is 74.7 Å². The smallest absolute Gasteiger partial charge is 0.227 e. The maximum absolute atomic E-state index is 12.5. The topological polar surface area (TPSA) is 69.7 Å². The number of carbonyl (C=O) groups is 1. The molecule has 2 aliphatic rings. The number of amides is 1. The zero-order valence-electron chi connectivity index (χ0n) is 18.6. The molecule has 0 unspecified atom stereocenters. The fourth-order valence-corrected chi connectivity index (χ4v) is 5.67. The molecule has 3 rings (SSSR count). The van der Waals surface area contributed by atoms with Gasteiger partial charge in [0.1, 0.15) is 0 Å². The molecule has 30 heavy (non-hydrogen) atoms. The van der Waals surface area contributed by atoms with Crippen molar-refractivity contribution < 1.29 is 13.2 Å². The molecule has 1 aromatic carbocycles. The summed E-state index contributed by atoms with van der Waals surface area (Å²) >= 11 is 0. The summed E-state index contributed by atoms with van der Waals surface area (Å²) in [4.78, 5) is 15.1. The van der Waals surface area contributed by atoms with Crippen molar-refractivity contribution in [2.24, 2.45) is 17.8 Å². The Morgan fingerprint density at radius 2 is 1.77 bits per heavy atom. The molecule has 2 atom stereocenters. The SMILES string of the molecule is CCN1CC[C@@H](CCc2ccc(NC(=O)C3CCN(S(C)(=O)=O)CC3)cc2)[C@@H](C)C1. The van der Waals surface area contributed by atoms with Crippen LogP contribution in [0.15, 0.2) is 24.3 Å². The second-order valence-electron chi connectivity index (χ2n) is 9.08. The number of sulfonamides is 1. The van der Waals surface area contributed by atoms with Crippen LogP contribution in [0.4, 0.5) is 5.69 Å². The summed E-state index contributed by atoms with van der Waals surface area (Å²) in [6.07, 6.45) is 5.98. The molecule has 1 aromatic rings. The number of benzene rings is 1. The first-order chi connectivity index (χ1) is 14.3. The standard InChI is InChI=1S/C23H37N3O3S/c1-4-25-14-11-20(18(2)17-25)8-5-19-6-9-22(10-7-19)24-23(27)21-12-15-26(16-13-21)30(3,28)29/h6-7,9-10,18,20-21H,4-5,8,11-17H2,1-3H3,(H,24,27)/t18-,20+/m0/s1. The van der Waals surface area contributed by atoms with E-state index in [1.807, 2.05) is 12.1 Å². The first-order valence-electron chi connectivity index (χ1n) is 11.3. The molecule has 0 aromatic heterocycles. The van der Waals surface area contributed by atoms with E-state index in [1.54, 1.807) is 0 Å². The van der Waals surface area contributed by atoms with Gasteiger partial charge in [0.25, 0.3) is 0 Å². The lowest BCUT2D eigenvalue weighted by atomic mass is 9.83. The summed E-state index contributed by atoms with van der Waals surface area (Å²) < 4.78 is 24.7. The fraction of sp³-hybridized carbons (Fsp3) is 0.696. The van der Waals surface area contributed by atoms with Crippen LogP contribution in [0.5, 0.6) is 0 Å². The van der Waals surface area contributed by atoms with Gasteiger partial charge in [-0.25, -0.2) is 12.7 Å². The molecule has 0 aliphatic carbocycles. The Hall–Kier alpha value is -1.44. The highest BCUT2D eigenvalue weighted by Gasteiger charge is 2.29. The number of likely N-dealkylation sites (tertiary alicyclic amines) is 1. The van der Waals surface area contributed by atoms with Gasteiger partial charge in [-0.15, -0.1) is 0 Å². The van der Waals surface area contributed by atoms with E-state index in [9.17, 15) is 13.2 Å². The van der Waals surface area contributed by atoms with Gasteiger partial charge in [-0.2, -0.15) is 0 Å².